The lowest BCUT2D eigenvalue weighted by molar-refractivity contribution is -0.144. The standard InChI is InChI=1S/C15H26N2O3/c16-10-15(7-2-1-3-8-15)14(20)17-12-6-4-5-11(9-12)13(18)19/h11-12H,1-10,16H2,(H,17,20)(H,18,19). The lowest BCUT2D eigenvalue weighted by Gasteiger charge is -2.37. The number of nitrogens with two attached hydrogens (primary N) is 1. The summed E-state index contributed by atoms with van der Waals surface area (Å²) >= 11 is 0. The first-order chi connectivity index (χ1) is 9.57. The van der Waals surface area contributed by atoms with E-state index in [1.165, 1.54) is 6.42 Å². The third-order valence-corrected chi connectivity index (χ3v) is 5.04. The molecule has 0 aromatic carbocycles. The van der Waals surface area contributed by atoms with E-state index in [9.17, 15) is 9.59 Å². The molecule has 0 saturated heterocycles. The van der Waals surface area contributed by atoms with E-state index in [-0.39, 0.29) is 17.9 Å². The van der Waals surface area contributed by atoms with Gasteiger partial charge in [-0.15, -0.1) is 0 Å². The molecule has 0 heterocycles. The highest BCUT2D eigenvalue weighted by atomic mass is 16.4. The molecule has 0 aliphatic heterocycles. The molecular formula is C15H26N2O3. The van der Waals surface area contributed by atoms with Crippen molar-refractivity contribution in [1.29, 1.82) is 0 Å². The molecule has 2 atom stereocenters. The van der Waals surface area contributed by atoms with E-state index in [2.05, 4.69) is 5.32 Å². The van der Waals surface area contributed by atoms with Gasteiger partial charge in [0.05, 0.1) is 11.3 Å². The van der Waals surface area contributed by atoms with Gasteiger partial charge in [-0.1, -0.05) is 25.7 Å². The van der Waals surface area contributed by atoms with Gasteiger partial charge in [0.2, 0.25) is 5.91 Å². The molecule has 2 aliphatic carbocycles. The number of nitrogens with one attached hydrogen (secondary N) is 1. The third-order valence-electron chi connectivity index (χ3n) is 5.04. The predicted octanol–water partition coefficient (Wildman–Crippen LogP) is 1.66. The van der Waals surface area contributed by atoms with Gasteiger partial charge in [0.1, 0.15) is 0 Å². The van der Waals surface area contributed by atoms with E-state index in [0.717, 1.165) is 44.9 Å². The number of carboxylic acid groups (broad SMARTS) is 1. The largest absolute Gasteiger partial charge is 0.481 e. The Hall–Kier alpha value is -1.10. The minimum absolute atomic E-state index is 0.00250. The van der Waals surface area contributed by atoms with E-state index in [4.69, 9.17) is 10.8 Å². The topological polar surface area (TPSA) is 92.4 Å². The van der Waals surface area contributed by atoms with Crippen LogP contribution in [0.2, 0.25) is 0 Å². The van der Waals surface area contributed by atoms with Gasteiger partial charge in [-0.3, -0.25) is 9.59 Å². The second-order valence-electron chi connectivity index (χ2n) is 6.42. The monoisotopic (exact) mass is 282 g/mol. The fraction of sp³-hybridized carbons (Fsp3) is 0.867. The van der Waals surface area contributed by atoms with Crippen LogP contribution in [-0.2, 0) is 9.59 Å². The van der Waals surface area contributed by atoms with Crippen molar-refractivity contribution < 1.29 is 14.7 Å². The van der Waals surface area contributed by atoms with Gasteiger partial charge in [-0.2, -0.15) is 0 Å². The molecule has 4 N–H and O–H groups in total. The van der Waals surface area contributed by atoms with Crippen molar-refractivity contribution in [3.63, 3.8) is 0 Å². The van der Waals surface area contributed by atoms with Crippen LogP contribution in [0.5, 0.6) is 0 Å². The van der Waals surface area contributed by atoms with Gasteiger partial charge in [0.25, 0.3) is 0 Å². The summed E-state index contributed by atoms with van der Waals surface area (Å²) in [6.07, 6.45) is 8.08. The number of carboxylic acids is 1. The SMILES string of the molecule is NCC1(C(=O)NC2CCCC(C(=O)O)C2)CCCCC1. The summed E-state index contributed by atoms with van der Waals surface area (Å²) in [7, 11) is 0. The average Bonchev–Trinajstić information content (AvgIpc) is 2.48. The Labute approximate surface area is 120 Å². The fourth-order valence-corrected chi connectivity index (χ4v) is 3.64. The molecule has 5 heteroatoms. The van der Waals surface area contributed by atoms with E-state index < -0.39 is 11.4 Å². The number of carbonyl (C=O) groups excluding carboxylic acids is 1. The number of rotatable bonds is 4. The maximum Gasteiger partial charge on any atom is 0.306 e. The lowest BCUT2D eigenvalue weighted by atomic mass is 9.73. The lowest BCUT2D eigenvalue weighted by Crippen LogP contribution is -2.51. The molecule has 2 rings (SSSR count). The molecule has 2 unspecified atom stereocenters. The quantitative estimate of drug-likeness (QED) is 0.731. The highest BCUT2D eigenvalue weighted by Crippen LogP contribution is 2.36. The van der Waals surface area contributed by atoms with E-state index >= 15 is 0 Å². The van der Waals surface area contributed by atoms with Crippen LogP contribution in [0.4, 0.5) is 0 Å². The van der Waals surface area contributed by atoms with Gasteiger partial charge >= 0.3 is 5.97 Å². The molecule has 2 fully saturated rings. The van der Waals surface area contributed by atoms with Crippen LogP contribution < -0.4 is 11.1 Å². The second-order valence-corrected chi connectivity index (χ2v) is 6.42. The maximum absolute atomic E-state index is 12.6. The molecule has 0 aromatic heterocycles. The summed E-state index contributed by atoms with van der Waals surface area (Å²) in [6, 6.07) is 0.00250. The Bertz CT molecular complexity index is 364. The van der Waals surface area contributed by atoms with Crippen LogP contribution in [0.25, 0.3) is 0 Å². The van der Waals surface area contributed by atoms with E-state index in [1.54, 1.807) is 0 Å². The minimum atomic E-state index is -0.741. The highest BCUT2D eigenvalue weighted by molar-refractivity contribution is 5.83. The van der Waals surface area contributed by atoms with E-state index in [0.29, 0.717) is 13.0 Å². The molecular weight excluding hydrogens is 256 g/mol. The van der Waals surface area contributed by atoms with Crippen molar-refractivity contribution in [3.05, 3.63) is 0 Å². The normalized spacial score (nSPS) is 29.6. The summed E-state index contributed by atoms with van der Waals surface area (Å²) < 4.78 is 0. The second kappa shape index (κ2) is 6.57. The fourth-order valence-electron chi connectivity index (χ4n) is 3.64. The number of aliphatic carboxylic acids is 1. The molecule has 0 radical (unpaired) electrons. The minimum Gasteiger partial charge on any atom is -0.481 e. The summed E-state index contributed by atoms with van der Waals surface area (Å²) in [5.41, 5.74) is 5.46. The van der Waals surface area contributed by atoms with Crippen molar-refractivity contribution in [2.45, 2.75) is 63.8 Å². The van der Waals surface area contributed by atoms with Crippen molar-refractivity contribution >= 4 is 11.9 Å². The zero-order chi connectivity index (χ0) is 14.6. The Kier molecular flexibility index (Phi) is 5.02. The maximum atomic E-state index is 12.6. The van der Waals surface area contributed by atoms with Crippen molar-refractivity contribution in [2.75, 3.05) is 6.54 Å². The van der Waals surface area contributed by atoms with Crippen LogP contribution >= 0.6 is 0 Å². The molecule has 0 spiro atoms. The van der Waals surface area contributed by atoms with E-state index in [1.807, 2.05) is 0 Å². The molecule has 114 valence electrons. The highest BCUT2D eigenvalue weighted by Gasteiger charge is 2.39. The van der Waals surface area contributed by atoms with Gasteiger partial charge in [-0.25, -0.2) is 0 Å². The number of carbonyl (C=O) groups is 2. The molecule has 2 aliphatic rings. The van der Waals surface area contributed by atoms with Crippen LogP contribution in [-0.4, -0.2) is 29.6 Å². The third kappa shape index (κ3) is 3.32. The van der Waals surface area contributed by atoms with Crippen LogP contribution in [0.15, 0.2) is 0 Å². The van der Waals surface area contributed by atoms with Crippen LogP contribution in [0.3, 0.4) is 0 Å². The summed E-state index contributed by atoms with van der Waals surface area (Å²) in [5, 5.41) is 12.2. The molecule has 0 aromatic rings. The smallest absolute Gasteiger partial charge is 0.306 e. The van der Waals surface area contributed by atoms with Gasteiger partial charge < -0.3 is 16.2 Å². The molecule has 5 nitrogen and oxygen atoms in total. The Morgan fingerprint density at radius 1 is 1.15 bits per heavy atom. The summed E-state index contributed by atoms with van der Waals surface area (Å²) in [5.74, 6) is -1.000. The number of hydrogen-bond acceptors (Lipinski definition) is 3. The zero-order valence-corrected chi connectivity index (χ0v) is 12.1. The summed E-state index contributed by atoms with van der Waals surface area (Å²) in [6.45, 7) is 0.397. The first kappa shape index (κ1) is 15.3. The van der Waals surface area contributed by atoms with Gasteiger partial charge in [0.15, 0.2) is 0 Å². The first-order valence-electron chi connectivity index (χ1n) is 7.81. The number of amides is 1. The zero-order valence-electron chi connectivity index (χ0n) is 12.1. The van der Waals surface area contributed by atoms with Gasteiger partial charge in [0, 0.05) is 12.6 Å². The van der Waals surface area contributed by atoms with Crippen molar-refractivity contribution in [3.8, 4) is 0 Å². The Balaban J connectivity index is 1.94. The number of hydrogen-bond donors (Lipinski definition) is 3. The summed E-state index contributed by atoms with van der Waals surface area (Å²) in [4.78, 5) is 23.6. The molecule has 20 heavy (non-hydrogen) atoms. The Morgan fingerprint density at radius 3 is 2.45 bits per heavy atom. The van der Waals surface area contributed by atoms with Crippen molar-refractivity contribution in [2.24, 2.45) is 17.1 Å². The van der Waals surface area contributed by atoms with Crippen LogP contribution in [0, 0.1) is 11.3 Å². The van der Waals surface area contributed by atoms with Crippen molar-refractivity contribution in [1.82, 2.24) is 5.32 Å². The average molecular weight is 282 g/mol. The van der Waals surface area contributed by atoms with Crippen LogP contribution in [0.1, 0.15) is 57.8 Å². The molecule has 0 bridgehead atoms. The Morgan fingerprint density at radius 2 is 1.85 bits per heavy atom. The molecule has 2 saturated carbocycles. The predicted molar refractivity (Wildman–Crippen MR) is 76.1 cm³/mol. The molecule has 1 amide bonds. The van der Waals surface area contributed by atoms with Gasteiger partial charge in [-0.05, 0) is 32.1 Å². The first-order valence-corrected chi connectivity index (χ1v) is 7.81.